The van der Waals surface area contributed by atoms with Crippen LogP contribution < -0.4 is 5.32 Å². The fourth-order valence-electron chi connectivity index (χ4n) is 2.75. The Hall–Kier alpha value is -3.87. The first-order chi connectivity index (χ1) is 13.2. The molecule has 4 rings (SSSR count). The second kappa shape index (κ2) is 6.80. The number of methoxy groups -OCH3 is 1. The van der Waals surface area contributed by atoms with Gasteiger partial charge in [0, 0.05) is 29.2 Å². The number of ether oxygens (including phenoxy) is 1. The number of anilines is 2. The summed E-state index contributed by atoms with van der Waals surface area (Å²) in [7, 11) is 1.24. The average Bonchev–Trinajstić information content (AvgIpc) is 3.24. The number of aromatic nitrogens is 1. The Kier molecular flexibility index (Phi) is 4.18. The summed E-state index contributed by atoms with van der Waals surface area (Å²) in [6.45, 7) is 0. The molecule has 7 nitrogen and oxygen atoms in total. The molecule has 2 aromatic heterocycles. The molecule has 7 heteroatoms. The molecule has 27 heavy (non-hydrogen) atoms. The molecule has 0 unspecified atom stereocenters. The summed E-state index contributed by atoms with van der Waals surface area (Å²) in [5.41, 5.74) is 2.15. The number of pyridine rings is 1. The zero-order valence-corrected chi connectivity index (χ0v) is 14.3. The molecule has 134 valence electrons. The Morgan fingerprint density at radius 2 is 2.04 bits per heavy atom. The molecule has 0 saturated heterocycles. The van der Waals surface area contributed by atoms with Crippen molar-refractivity contribution in [3.05, 3.63) is 65.5 Å². The van der Waals surface area contributed by atoms with Crippen LogP contribution in [0.15, 0.2) is 58.1 Å². The number of aromatic hydroxyl groups is 1. The summed E-state index contributed by atoms with van der Waals surface area (Å²) in [6.07, 6.45) is 4.89. The van der Waals surface area contributed by atoms with E-state index in [-0.39, 0.29) is 23.0 Å². The minimum absolute atomic E-state index is 0.0745. The van der Waals surface area contributed by atoms with E-state index in [1.54, 1.807) is 24.6 Å². The van der Waals surface area contributed by atoms with Crippen LogP contribution in [0.25, 0.3) is 11.6 Å². The normalized spacial score (nSPS) is 13.6. The summed E-state index contributed by atoms with van der Waals surface area (Å²) >= 11 is 0. The molecule has 0 radical (unpaired) electrons. The number of rotatable bonds is 4. The third-order valence-corrected chi connectivity index (χ3v) is 4.04. The first kappa shape index (κ1) is 16.6. The lowest BCUT2D eigenvalue weighted by Crippen LogP contribution is -2.03. The van der Waals surface area contributed by atoms with Crippen LogP contribution in [0.5, 0.6) is 5.75 Å². The zero-order chi connectivity index (χ0) is 18.8. The molecule has 3 heterocycles. The van der Waals surface area contributed by atoms with Crippen molar-refractivity contribution in [1.29, 1.82) is 0 Å². The molecular weight excluding hydrogens is 346 g/mol. The maximum Gasteiger partial charge on any atom is 0.347 e. The summed E-state index contributed by atoms with van der Waals surface area (Å²) < 4.78 is 10.5. The highest BCUT2D eigenvalue weighted by Gasteiger charge is 2.26. The molecule has 1 aliphatic rings. The molecule has 0 amide bonds. The van der Waals surface area contributed by atoms with Gasteiger partial charge in [0.05, 0.1) is 7.11 Å². The Balaban J connectivity index is 1.77. The van der Waals surface area contributed by atoms with Crippen molar-refractivity contribution in [1.82, 2.24) is 4.98 Å². The van der Waals surface area contributed by atoms with Crippen LogP contribution in [0, 0.1) is 0 Å². The predicted octanol–water partition coefficient (Wildman–Crippen LogP) is 4.17. The summed E-state index contributed by atoms with van der Waals surface area (Å²) in [6, 6.07) is 12.8. The van der Waals surface area contributed by atoms with Crippen molar-refractivity contribution < 1.29 is 19.1 Å². The molecule has 1 aromatic carbocycles. The number of hydrogen-bond donors (Lipinski definition) is 2. The fourth-order valence-corrected chi connectivity index (χ4v) is 2.75. The van der Waals surface area contributed by atoms with E-state index in [4.69, 9.17) is 9.15 Å². The number of hydrogen-bond acceptors (Lipinski definition) is 7. The van der Waals surface area contributed by atoms with Crippen LogP contribution in [0.4, 0.5) is 17.4 Å². The van der Waals surface area contributed by atoms with E-state index in [1.165, 1.54) is 7.11 Å². The van der Waals surface area contributed by atoms with Gasteiger partial charge in [0.15, 0.2) is 22.9 Å². The molecule has 0 saturated carbocycles. The third-order valence-electron chi connectivity index (χ3n) is 4.04. The van der Waals surface area contributed by atoms with Crippen molar-refractivity contribution in [3.63, 3.8) is 0 Å². The van der Waals surface area contributed by atoms with Crippen molar-refractivity contribution in [3.8, 4) is 5.75 Å². The number of aliphatic imine (C=N–C) groups is 1. The van der Waals surface area contributed by atoms with Crippen molar-refractivity contribution in [2.45, 2.75) is 0 Å². The molecule has 3 aromatic rings. The molecule has 2 N–H and O–H groups in total. The van der Waals surface area contributed by atoms with Gasteiger partial charge in [-0.05, 0) is 30.3 Å². The van der Waals surface area contributed by atoms with E-state index in [9.17, 15) is 9.90 Å². The van der Waals surface area contributed by atoms with Gasteiger partial charge in [-0.15, -0.1) is 0 Å². The highest BCUT2D eigenvalue weighted by molar-refractivity contribution is 6.21. The first-order valence-electron chi connectivity index (χ1n) is 8.14. The van der Waals surface area contributed by atoms with Crippen molar-refractivity contribution >= 4 is 41.2 Å². The molecule has 0 spiro atoms. The maximum atomic E-state index is 12.2. The van der Waals surface area contributed by atoms with E-state index in [0.29, 0.717) is 17.1 Å². The molecule has 0 bridgehead atoms. The fraction of sp³-hybridized carbons (Fsp3) is 0.0500. The highest BCUT2D eigenvalue weighted by atomic mass is 16.5. The van der Waals surface area contributed by atoms with Gasteiger partial charge in [0.2, 0.25) is 5.88 Å². The first-order valence-corrected chi connectivity index (χ1v) is 8.14. The largest absolute Gasteiger partial charge is 0.504 e. The monoisotopic (exact) mass is 361 g/mol. The van der Waals surface area contributed by atoms with E-state index in [2.05, 4.69) is 15.3 Å². The Morgan fingerprint density at radius 3 is 2.81 bits per heavy atom. The standard InChI is InChI=1S/C20H15N3O4/c1-26-20(25)16-17(24)15(27-19(16)23-13-6-3-2-4-7-13)10-12-11-22-18-14(12)8-5-9-21-18/h2-11,23-24H,1H3/b12-10+. The minimum atomic E-state index is -0.707. The van der Waals surface area contributed by atoms with Crippen LogP contribution in [0.2, 0.25) is 0 Å². The number of carbonyl (C=O) groups excluding carboxylic acids is 1. The quantitative estimate of drug-likeness (QED) is 0.677. The molecule has 0 atom stereocenters. The van der Waals surface area contributed by atoms with Crippen molar-refractivity contribution in [2.24, 2.45) is 4.99 Å². The van der Waals surface area contributed by atoms with E-state index in [0.717, 1.165) is 5.56 Å². The van der Waals surface area contributed by atoms with Gasteiger partial charge in [0.25, 0.3) is 0 Å². The van der Waals surface area contributed by atoms with Gasteiger partial charge in [-0.3, -0.25) is 0 Å². The van der Waals surface area contributed by atoms with Crippen LogP contribution in [-0.2, 0) is 4.74 Å². The number of nitrogens with zero attached hydrogens (tertiary/aromatic N) is 2. The number of allylic oxidation sites excluding steroid dienone is 1. The molecule has 0 aliphatic carbocycles. The lowest BCUT2D eigenvalue weighted by molar-refractivity contribution is 0.0598. The van der Waals surface area contributed by atoms with E-state index < -0.39 is 5.97 Å². The predicted molar refractivity (Wildman–Crippen MR) is 102 cm³/mol. The van der Waals surface area contributed by atoms with Gasteiger partial charge in [0.1, 0.15) is 0 Å². The summed E-state index contributed by atoms with van der Waals surface area (Å²) in [5, 5.41) is 13.5. The average molecular weight is 361 g/mol. The Bertz CT molecular complexity index is 1070. The number of nitrogens with one attached hydrogen (secondary N) is 1. The number of benzene rings is 1. The van der Waals surface area contributed by atoms with E-state index >= 15 is 0 Å². The Morgan fingerprint density at radius 1 is 1.22 bits per heavy atom. The maximum absolute atomic E-state index is 12.2. The number of fused-ring (bicyclic) bond motifs is 1. The lowest BCUT2D eigenvalue weighted by atomic mass is 10.1. The lowest BCUT2D eigenvalue weighted by Gasteiger charge is -2.04. The van der Waals surface area contributed by atoms with Gasteiger partial charge in [-0.1, -0.05) is 18.2 Å². The van der Waals surface area contributed by atoms with Crippen LogP contribution in [0.3, 0.4) is 0 Å². The van der Waals surface area contributed by atoms with E-state index in [1.807, 2.05) is 36.4 Å². The number of para-hydroxylation sites is 1. The zero-order valence-electron chi connectivity index (χ0n) is 14.3. The molecule has 0 fully saturated rings. The molecule has 1 aliphatic heterocycles. The second-order valence-electron chi connectivity index (χ2n) is 5.73. The van der Waals surface area contributed by atoms with Crippen LogP contribution >= 0.6 is 0 Å². The van der Waals surface area contributed by atoms with Gasteiger partial charge in [-0.25, -0.2) is 14.8 Å². The number of esters is 1. The third kappa shape index (κ3) is 3.06. The topological polar surface area (TPSA) is 97.0 Å². The van der Waals surface area contributed by atoms with Gasteiger partial charge >= 0.3 is 5.97 Å². The smallest absolute Gasteiger partial charge is 0.347 e. The van der Waals surface area contributed by atoms with Crippen LogP contribution in [0.1, 0.15) is 21.7 Å². The Labute approximate surface area is 154 Å². The molecular formula is C20H15N3O4. The van der Waals surface area contributed by atoms with Gasteiger partial charge in [-0.2, -0.15) is 0 Å². The van der Waals surface area contributed by atoms with Crippen molar-refractivity contribution in [2.75, 3.05) is 12.4 Å². The minimum Gasteiger partial charge on any atom is -0.504 e. The van der Waals surface area contributed by atoms with Gasteiger partial charge < -0.3 is 19.6 Å². The second-order valence-corrected chi connectivity index (χ2v) is 5.73. The number of carbonyl (C=O) groups is 1. The summed E-state index contributed by atoms with van der Waals surface area (Å²) in [4.78, 5) is 20.6. The highest BCUT2D eigenvalue weighted by Crippen LogP contribution is 2.39. The number of furan rings is 1. The SMILES string of the molecule is COC(=O)c1c(Nc2ccccc2)oc(/C=C2\C=Nc3ncccc32)c1O. The summed E-state index contributed by atoms with van der Waals surface area (Å²) in [5.74, 6) is -0.212. The van der Waals surface area contributed by atoms with Crippen LogP contribution in [-0.4, -0.2) is 29.4 Å².